The van der Waals surface area contributed by atoms with Crippen LogP contribution in [0.1, 0.15) is 25.3 Å². The zero-order valence-corrected chi connectivity index (χ0v) is 13.0. The highest BCUT2D eigenvalue weighted by Gasteiger charge is 2.19. The second kappa shape index (κ2) is 8.25. The number of rotatable bonds is 7. The molecule has 0 aliphatic carbocycles. The van der Waals surface area contributed by atoms with E-state index in [-0.39, 0.29) is 5.75 Å². The van der Waals surface area contributed by atoms with Crippen LogP contribution in [0.15, 0.2) is 36.4 Å². The molecule has 22 heavy (non-hydrogen) atoms. The lowest BCUT2D eigenvalue weighted by Gasteiger charge is -2.32. The molecule has 1 saturated heterocycles. The Morgan fingerprint density at radius 2 is 2.05 bits per heavy atom. The van der Waals surface area contributed by atoms with Crippen molar-refractivity contribution in [1.29, 1.82) is 0 Å². The molecule has 0 aromatic heterocycles. The molecule has 0 spiro atoms. The van der Waals surface area contributed by atoms with Crippen LogP contribution in [-0.2, 0) is 6.54 Å². The van der Waals surface area contributed by atoms with E-state index in [9.17, 15) is 8.78 Å². The van der Waals surface area contributed by atoms with Gasteiger partial charge in [-0.25, -0.2) is 0 Å². The summed E-state index contributed by atoms with van der Waals surface area (Å²) in [7, 11) is 0. The lowest BCUT2D eigenvalue weighted by molar-refractivity contribution is -0.0505. The molecule has 1 aromatic rings. The van der Waals surface area contributed by atoms with Gasteiger partial charge in [-0.2, -0.15) is 8.78 Å². The number of para-hydroxylation sites is 1. The van der Waals surface area contributed by atoms with Gasteiger partial charge in [-0.3, -0.25) is 4.90 Å². The van der Waals surface area contributed by atoms with E-state index in [1.54, 1.807) is 12.1 Å². The van der Waals surface area contributed by atoms with Gasteiger partial charge in [0, 0.05) is 24.7 Å². The second-order valence-electron chi connectivity index (χ2n) is 5.87. The van der Waals surface area contributed by atoms with Gasteiger partial charge in [0.15, 0.2) is 0 Å². The van der Waals surface area contributed by atoms with Gasteiger partial charge in [0.2, 0.25) is 0 Å². The predicted octanol–water partition coefficient (Wildman–Crippen LogP) is 3.42. The molecular formula is C17H24F2N2O. The topological polar surface area (TPSA) is 24.5 Å². The van der Waals surface area contributed by atoms with Crippen LogP contribution in [0.3, 0.4) is 0 Å². The molecule has 1 aromatic carbocycles. The molecule has 1 aliphatic heterocycles. The molecule has 0 bridgehead atoms. The van der Waals surface area contributed by atoms with E-state index in [2.05, 4.69) is 21.5 Å². The Balaban J connectivity index is 1.81. The van der Waals surface area contributed by atoms with Gasteiger partial charge in [-0.15, -0.1) is 0 Å². The van der Waals surface area contributed by atoms with E-state index in [1.165, 1.54) is 5.57 Å². The van der Waals surface area contributed by atoms with Crippen LogP contribution in [0.2, 0.25) is 0 Å². The maximum atomic E-state index is 12.4. The standard InChI is InChI=1S/C17H24F2N2O/c1-13(2)12-21-9-7-15(8-10-21)20-11-14-5-3-4-6-16(14)22-17(18)19/h3-6,15,17,20H,1,7-12H2,2H3. The summed E-state index contributed by atoms with van der Waals surface area (Å²) in [6, 6.07) is 7.36. The molecule has 0 amide bonds. The first-order valence-corrected chi connectivity index (χ1v) is 7.67. The van der Waals surface area contributed by atoms with E-state index < -0.39 is 6.61 Å². The van der Waals surface area contributed by atoms with Gasteiger partial charge in [0.1, 0.15) is 5.75 Å². The van der Waals surface area contributed by atoms with E-state index in [1.807, 2.05) is 19.1 Å². The largest absolute Gasteiger partial charge is 0.434 e. The summed E-state index contributed by atoms with van der Waals surface area (Å²) >= 11 is 0. The van der Waals surface area contributed by atoms with Crippen LogP contribution < -0.4 is 10.1 Å². The van der Waals surface area contributed by atoms with Crippen molar-refractivity contribution in [2.75, 3.05) is 19.6 Å². The molecule has 1 N–H and O–H groups in total. The average molecular weight is 310 g/mol. The highest BCUT2D eigenvalue weighted by molar-refractivity contribution is 5.33. The number of ether oxygens (including phenoxy) is 1. The van der Waals surface area contributed by atoms with Gasteiger partial charge in [-0.1, -0.05) is 30.4 Å². The van der Waals surface area contributed by atoms with Gasteiger partial charge in [0.25, 0.3) is 0 Å². The van der Waals surface area contributed by atoms with Crippen LogP contribution in [0.4, 0.5) is 8.78 Å². The normalized spacial score (nSPS) is 16.9. The van der Waals surface area contributed by atoms with Crippen LogP contribution in [-0.4, -0.2) is 37.2 Å². The van der Waals surface area contributed by atoms with Crippen LogP contribution in [0.25, 0.3) is 0 Å². The van der Waals surface area contributed by atoms with Crippen molar-refractivity contribution in [1.82, 2.24) is 10.2 Å². The fourth-order valence-corrected chi connectivity index (χ4v) is 2.79. The van der Waals surface area contributed by atoms with Gasteiger partial charge >= 0.3 is 6.61 Å². The van der Waals surface area contributed by atoms with Crippen molar-refractivity contribution >= 4 is 0 Å². The molecule has 0 radical (unpaired) electrons. The lowest BCUT2D eigenvalue weighted by Crippen LogP contribution is -2.42. The molecule has 5 heteroatoms. The molecule has 0 saturated carbocycles. The molecule has 122 valence electrons. The Kier molecular flexibility index (Phi) is 6.34. The monoisotopic (exact) mass is 310 g/mol. The number of halogens is 2. The van der Waals surface area contributed by atoms with Gasteiger partial charge in [-0.05, 0) is 38.9 Å². The van der Waals surface area contributed by atoms with Crippen molar-refractivity contribution in [2.24, 2.45) is 0 Å². The first-order valence-electron chi connectivity index (χ1n) is 7.67. The molecule has 0 unspecified atom stereocenters. The third-order valence-corrected chi connectivity index (χ3v) is 3.85. The molecule has 3 nitrogen and oxygen atoms in total. The van der Waals surface area contributed by atoms with Crippen molar-refractivity contribution < 1.29 is 13.5 Å². The Hall–Kier alpha value is -1.46. The molecule has 1 aliphatic rings. The summed E-state index contributed by atoms with van der Waals surface area (Å²) in [5, 5.41) is 3.45. The average Bonchev–Trinajstić information content (AvgIpc) is 2.47. The molecule has 1 fully saturated rings. The minimum absolute atomic E-state index is 0.254. The number of hydrogen-bond donors (Lipinski definition) is 1. The quantitative estimate of drug-likeness (QED) is 0.781. The zero-order chi connectivity index (χ0) is 15.9. The minimum Gasteiger partial charge on any atom is -0.434 e. The van der Waals surface area contributed by atoms with E-state index >= 15 is 0 Å². The highest BCUT2D eigenvalue weighted by Crippen LogP contribution is 2.21. The number of piperidine rings is 1. The summed E-state index contributed by atoms with van der Waals surface area (Å²) in [6.07, 6.45) is 2.12. The van der Waals surface area contributed by atoms with Crippen molar-refractivity contribution in [2.45, 2.75) is 39.0 Å². The number of hydrogen-bond acceptors (Lipinski definition) is 3. The molecular weight excluding hydrogens is 286 g/mol. The van der Waals surface area contributed by atoms with Crippen LogP contribution >= 0.6 is 0 Å². The first kappa shape index (κ1) is 16.9. The van der Waals surface area contributed by atoms with Crippen molar-refractivity contribution in [3.63, 3.8) is 0 Å². The number of likely N-dealkylation sites (tertiary alicyclic amines) is 1. The smallest absolute Gasteiger partial charge is 0.387 e. The number of nitrogens with one attached hydrogen (secondary N) is 1. The van der Waals surface area contributed by atoms with Crippen molar-refractivity contribution in [3.05, 3.63) is 42.0 Å². The van der Waals surface area contributed by atoms with E-state index in [0.29, 0.717) is 12.6 Å². The third-order valence-electron chi connectivity index (χ3n) is 3.85. The summed E-state index contributed by atoms with van der Waals surface area (Å²) < 4.78 is 29.3. The predicted molar refractivity (Wildman–Crippen MR) is 84.2 cm³/mol. The first-order chi connectivity index (χ1) is 10.5. The fourth-order valence-electron chi connectivity index (χ4n) is 2.79. The Morgan fingerprint density at radius 1 is 1.36 bits per heavy atom. The lowest BCUT2D eigenvalue weighted by atomic mass is 10.0. The molecule has 1 heterocycles. The molecule has 0 atom stereocenters. The Bertz CT molecular complexity index is 485. The number of alkyl halides is 2. The fraction of sp³-hybridized carbons (Fsp3) is 0.529. The number of nitrogens with zero attached hydrogens (tertiary/aromatic N) is 1. The van der Waals surface area contributed by atoms with Gasteiger partial charge < -0.3 is 10.1 Å². The minimum atomic E-state index is -2.79. The van der Waals surface area contributed by atoms with Gasteiger partial charge in [0.05, 0.1) is 0 Å². The zero-order valence-electron chi connectivity index (χ0n) is 13.0. The second-order valence-corrected chi connectivity index (χ2v) is 5.87. The highest BCUT2D eigenvalue weighted by atomic mass is 19.3. The van der Waals surface area contributed by atoms with Crippen LogP contribution in [0, 0.1) is 0 Å². The van der Waals surface area contributed by atoms with Crippen molar-refractivity contribution in [3.8, 4) is 5.75 Å². The maximum absolute atomic E-state index is 12.4. The summed E-state index contributed by atoms with van der Waals surface area (Å²) in [5.41, 5.74) is 1.96. The van der Waals surface area contributed by atoms with E-state index in [4.69, 9.17) is 0 Å². The summed E-state index contributed by atoms with van der Waals surface area (Å²) in [5.74, 6) is 0.254. The SMILES string of the molecule is C=C(C)CN1CCC(NCc2ccccc2OC(F)F)CC1. The Morgan fingerprint density at radius 3 is 2.68 bits per heavy atom. The summed E-state index contributed by atoms with van der Waals surface area (Å²) in [4.78, 5) is 2.40. The molecule has 2 rings (SSSR count). The third kappa shape index (κ3) is 5.39. The number of benzene rings is 1. The van der Waals surface area contributed by atoms with E-state index in [0.717, 1.165) is 38.0 Å². The summed E-state index contributed by atoms with van der Waals surface area (Å²) in [6.45, 7) is 6.79. The Labute approximate surface area is 131 Å². The maximum Gasteiger partial charge on any atom is 0.387 e. The van der Waals surface area contributed by atoms with Crippen LogP contribution in [0.5, 0.6) is 5.75 Å².